The van der Waals surface area contributed by atoms with Gasteiger partial charge < -0.3 is 4.57 Å². The van der Waals surface area contributed by atoms with Crippen molar-refractivity contribution in [3.8, 4) is 0 Å². The molecule has 0 spiro atoms. The summed E-state index contributed by atoms with van der Waals surface area (Å²) in [7, 11) is 0. The fourth-order valence-corrected chi connectivity index (χ4v) is 2.42. The number of hydrazone groups is 1. The molecule has 0 aliphatic carbocycles. The van der Waals surface area contributed by atoms with Crippen molar-refractivity contribution in [1.29, 1.82) is 0 Å². The van der Waals surface area contributed by atoms with Gasteiger partial charge in [-0.3, -0.25) is 15.5 Å². The molecule has 0 amide bonds. The summed E-state index contributed by atoms with van der Waals surface area (Å²) in [6.07, 6.45) is -2.10. The third-order valence-corrected chi connectivity index (χ3v) is 3.55. The topological polar surface area (TPSA) is 72.5 Å². The highest BCUT2D eigenvalue weighted by Crippen LogP contribution is 2.35. The summed E-state index contributed by atoms with van der Waals surface area (Å²) in [6.45, 7) is 0.748. The molecule has 0 saturated heterocycles. The molecule has 23 heavy (non-hydrogen) atoms. The van der Waals surface area contributed by atoms with E-state index in [1.807, 2.05) is 22.9 Å². The first-order chi connectivity index (χ1) is 10.9. The summed E-state index contributed by atoms with van der Waals surface area (Å²) < 4.78 is 39.9. The predicted molar refractivity (Wildman–Crippen MR) is 77.3 cm³/mol. The van der Waals surface area contributed by atoms with Gasteiger partial charge in [-0.05, 0) is 24.3 Å². The maximum absolute atomic E-state index is 12.7. The Kier molecular flexibility index (Phi) is 3.55. The Labute approximate surface area is 128 Å². The van der Waals surface area contributed by atoms with E-state index in [4.69, 9.17) is 0 Å². The molecule has 9 heteroatoms. The van der Waals surface area contributed by atoms with Gasteiger partial charge in [0.15, 0.2) is 0 Å². The van der Waals surface area contributed by atoms with Crippen molar-refractivity contribution in [3.63, 3.8) is 0 Å². The molecule has 2 heterocycles. The second kappa shape index (κ2) is 5.41. The van der Waals surface area contributed by atoms with E-state index in [1.54, 1.807) is 0 Å². The van der Waals surface area contributed by atoms with E-state index >= 15 is 0 Å². The van der Waals surface area contributed by atoms with Crippen LogP contribution in [0.25, 0.3) is 0 Å². The standard InChI is InChI=1S/C14H11F3N4O2/c15-14(16,17)9-3-4-10(13(8-9)21(22)23)18-19-11-5-7-20-6-1-2-12(11)20/h1-4,6,8,18H,5,7H2. The molecule has 0 radical (unpaired) electrons. The van der Waals surface area contributed by atoms with E-state index in [0.29, 0.717) is 18.2 Å². The van der Waals surface area contributed by atoms with Gasteiger partial charge in [0.25, 0.3) is 5.69 Å². The first-order valence-corrected chi connectivity index (χ1v) is 6.70. The highest BCUT2D eigenvalue weighted by Gasteiger charge is 2.33. The number of anilines is 1. The molecule has 1 aromatic heterocycles. The number of hydrogen-bond acceptors (Lipinski definition) is 4. The third-order valence-electron chi connectivity index (χ3n) is 3.55. The lowest BCUT2D eigenvalue weighted by Gasteiger charge is -2.08. The van der Waals surface area contributed by atoms with Crippen LogP contribution in [0, 0.1) is 10.1 Å². The zero-order chi connectivity index (χ0) is 16.6. The molecule has 0 fully saturated rings. The minimum absolute atomic E-state index is 0.0829. The SMILES string of the molecule is O=[N+]([O-])c1cc(C(F)(F)F)ccc1NN=C1CCn2cccc21. The van der Waals surface area contributed by atoms with Crippen molar-refractivity contribution in [2.24, 2.45) is 5.10 Å². The van der Waals surface area contributed by atoms with Gasteiger partial charge in [0, 0.05) is 25.2 Å². The predicted octanol–water partition coefficient (Wildman–Crippen LogP) is 3.64. The molecule has 1 aliphatic heterocycles. The van der Waals surface area contributed by atoms with Gasteiger partial charge in [0.2, 0.25) is 0 Å². The van der Waals surface area contributed by atoms with Crippen LogP contribution in [-0.4, -0.2) is 15.2 Å². The molecular formula is C14H11F3N4O2. The molecule has 120 valence electrons. The van der Waals surface area contributed by atoms with E-state index < -0.39 is 22.4 Å². The van der Waals surface area contributed by atoms with Crippen molar-refractivity contribution in [2.45, 2.75) is 19.1 Å². The summed E-state index contributed by atoms with van der Waals surface area (Å²) in [4.78, 5) is 10.1. The molecule has 0 unspecified atom stereocenters. The van der Waals surface area contributed by atoms with Crippen LogP contribution in [0.15, 0.2) is 41.6 Å². The third kappa shape index (κ3) is 2.89. The largest absolute Gasteiger partial charge is 0.416 e. The number of nitrogens with zero attached hydrogens (tertiary/aromatic N) is 3. The van der Waals surface area contributed by atoms with E-state index in [9.17, 15) is 23.3 Å². The number of aryl methyl sites for hydroxylation is 1. The van der Waals surface area contributed by atoms with Crippen LogP contribution < -0.4 is 5.43 Å². The molecule has 0 saturated carbocycles. The molecule has 6 nitrogen and oxygen atoms in total. The number of fused-ring (bicyclic) bond motifs is 1. The summed E-state index contributed by atoms with van der Waals surface area (Å²) in [5, 5.41) is 15.1. The normalized spacial score (nSPS) is 15.7. The lowest BCUT2D eigenvalue weighted by atomic mass is 10.1. The lowest BCUT2D eigenvalue weighted by molar-refractivity contribution is -0.384. The van der Waals surface area contributed by atoms with Crippen LogP contribution >= 0.6 is 0 Å². The number of alkyl halides is 3. The van der Waals surface area contributed by atoms with Crippen LogP contribution in [0.4, 0.5) is 24.5 Å². The number of aromatic nitrogens is 1. The lowest BCUT2D eigenvalue weighted by Crippen LogP contribution is -2.07. The molecule has 0 atom stereocenters. The summed E-state index contributed by atoms with van der Waals surface area (Å²) in [6, 6.07) is 6.00. The number of nitrogens with one attached hydrogen (secondary N) is 1. The molecule has 1 N–H and O–H groups in total. The van der Waals surface area contributed by atoms with Crippen molar-refractivity contribution in [2.75, 3.05) is 5.43 Å². The van der Waals surface area contributed by atoms with Gasteiger partial charge in [0.05, 0.1) is 21.9 Å². The zero-order valence-electron chi connectivity index (χ0n) is 11.7. The number of benzene rings is 1. The Bertz CT molecular complexity index is 796. The van der Waals surface area contributed by atoms with Gasteiger partial charge in [0.1, 0.15) is 5.69 Å². The van der Waals surface area contributed by atoms with E-state index in [0.717, 1.165) is 24.4 Å². The van der Waals surface area contributed by atoms with Gasteiger partial charge in [-0.1, -0.05) is 0 Å². The average Bonchev–Trinajstić information content (AvgIpc) is 3.07. The Morgan fingerprint density at radius 1 is 1.30 bits per heavy atom. The van der Waals surface area contributed by atoms with Gasteiger partial charge in [-0.2, -0.15) is 18.3 Å². The Balaban J connectivity index is 1.90. The van der Waals surface area contributed by atoms with Crippen LogP contribution in [0.3, 0.4) is 0 Å². The zero-order valence-corrected chi connectivity index (χ0v) is 11.7. The average molecular weight is 324 g/mol. The van der Waals surface area contributed by atoms with Crippen LogP contribution in [0.1, 0.15) is 17.7 Å². The molecular weight excluding hydrogens is 313 g/mol. The Morgan fingerprint density at radius 3 is 2.78 bits per heavy atom. The fraction of sp³-hybridized carbons (Fsp3) is 0.214. The van der Waals surface area contributed by atoms with Gasteiger partial charge in [-0.15, -0.1) is 0 Å². The van der Waals surface area contributed by atoms with Gasteiger partial charge in [-0.25, -0.2) is 0 Å². The number of hydrogen-bond donors (Lipinski definition) is 1. The maximum Gasteiger partial charge on any atom is 0.416 e. The van der Waals surface area contributed by atoms with Crippen molar-refractivity contribution in [1.82, 2.24) is 4.57 Å². The number of halogens is 3. The highest BCUT2D eigenvalue weighted by molar-refractivity contribution is 6.01. The van der Waals surface area contributed by atoms with Crippen LogP contribution in [0.5, 0.6) is 0 Å². The monoisotopic (exact) mass is 324 g/mol. The molecule has 1 aromatic carbocycles. The van der Waals surface area contributed by atoms with Crippen molar-refractivity contribution < 1.29 is 18.1 Å². The van der Waals surface area contributed by atoms with E-state index in [-0.39, 0.29) is 5.69 Å². The van der Waals surface area contributed by atoms with Crippen LogP contribution in [-0.2, 0) is 12.7 Å². The maximum atomic E-state index is 12.7. The molecule has 3 rings (SSSR count). The van der Waals surface area contributed by atoms with E-state index in [2.05, 4.69) is 10.5 Å². The smallest absolute Gasteiger partial charge is 0.346 e. The quantitative estimate of drug-likeness (QED) is 0.692. The molecule has 1 aliphatic rings. The van der Waals surface area contributed by atoms with Crippen molar-refractivity contribution >= 4 is 17.1 Å². The second-order valence-electron chi connectivity index (χ2n) is 4.99. The summed E-state index contributed by atoms with van der Waals surface area (Å²) >= 11 is 0. The summed E-state index contributed by atoms with van der Waals surface area (Å²) in [5.41, 5.74) is 2.27. The minimum atomic E-state index is -4.64. The Hall–Kier alpha value is -2.84. The second-order valence-corrected chi connectivity index (χ2v) is 4.99. The minimum Gasteiger partial charge on any atom is -0.346 e. The van der Waals surface area contributed by atoms with Crippen LogP contribution in [0.2, 0.25) is 0 Å². The first-order valence-electron chi connectivity index (χ1n) is 6.70. The molecule has 0 bridgehead atoms. The fourth-order valence-electron chi connectivity index (χ4n) is 2.42. The number of rotatable bonds is 3. The highest BCUT2D eigenvalue weighted by atomic mass is 19.4. The van der Waals surface area contributed by atoms with Crippen molar-refractivity contribution in [3.05, 3.63) is 57.9 Å². The van der Waals surface area contributed by atoms with Gasteiger partial charge >= 0.3 is 6.18 Å². The molecule has 2 aromatic rings. The summed E-state index contributed by atoms with van der Waals surface area (Å²) in [5.74, 6) is 0. The number of nitro groups is 1. The first kappa shape index (κ1) is 15.1. The Morgan fingerprint density at radius 2 is 2.09 bits per heavy atom. The number of nitro benzene ring substituents is 1. The van der Waals surface area contributed by atoms with E-state index in [1.165, 1.54) is 0 Å².